The van der Waals surface area contributed by atoms with Gasteiger partial charge < -0.3 is 5.73 Å². The van der Waals surface area contributed by atoms with Crippen LogP contribution in [0.2, 0.25) is 0 Å². The topological polar surface area (TPSA) is 140 Å². The molecule has 2 aromatic carbocycles. The molecule has 0 saturated heterocycles. The van der Waals surface area contributed by atoms with Gasteiger partial charge in [-0.25, -0.2) is 13.4 Å². The van der Waals surface area contributed by atoms with E-state index in [2.05, 4.69) is 4.98 Å². The third-order valence-electron chi connectivity index (χ3n) is 3.87. The van der Waals surface area contributed by atoms with E-state index in [0.717, 1.165) is 0 Å². The number of aromatic nitrogens is 1. The molecule has 0 saturated carbocycles. The van der Waals surface area contributed by atoms with Crippen LogP contribution in [0.25, 0.3) is 11.1 Å². The zero-order valence-electron chi connectivity index (χ0n) is 13.7. The summed E-state index contributed by atoms with van der Waals surface area (Å²) in [7, 11) is -4.08. The van der Waals surface area contributed by atoms with E-state index in [4.69, 9.17) is 5.73 Å². The Morgan fingerprint density at radius 2 is 1.70 bits per heavy atom. The first-order chi connectivity index (χ1) is 12.9. The first-order valence-electron chi connectivity index (χ1n) is 7.60. The summed E-state index contributed by atoms with van der Waals surface area (Å²) in [5.74, 6) is -0.258. The minimum Gasteiger partial charge on any atom is -0.383 e. The number of nitro groups is 1. The molecule has 1 aromatic heterocycles. The summed E-state index contributed by atoms with van der Waals surface area (Å²) in [6, 6.07) is 14.7. The number of anilines is 1. The Hall–Kier alpha value is -3.77. The Labute approximate surface area is 154 Å². The molecule has 0 fully saturated rings. The Kier molecular flexibility index (Phi) is 4.58. The summed E-state index contributed by atoms with van der Waals surface area (Å²) < 4.78 is 26.3. The number of nitrogens with two attached hydrogens (primary N) is 1. The number of non-ortho nitro benzene ring substituents is 1. The highest BCUT2D eigenvalue weighted by molar-refractivity contribution is 7.91. The van der Waals surface area contributed by atoms with Crippen molar-refractivity contribution in [3.63, 3.8) is 0 Å². The lowest BCUT2D eigenvalue weighted by molar-refractivity contribution is -0.384. The second-order valence-corrected chi connectivity index (χ2v) is 7.38. The van der Waals surface area contributed by atoms with Crippen LogP contribution in [0.3, 0.4) is 0 Å². The molecule has 3 aromatic rings. The van der Waals surface area contributed by atoms with Crippen LogP contribution in [0, 0.1) is 21.4 Å². The van der Waals surface area contributed by atoms with Crippen LogP contribution in [0.4, 0.5) is 11.5 Å². The average Bonchev–Trinajstić information content (AvgIpc) is 2.68. The van der Waals surface area contributed by atoms with E-state index >= 15 is 0 Å². The monoisotopic (exact) mass is 380 g/mol. The fourth-order valence-corrected chi connectivity index (χ4v) is 4.19. The molecule has 1 heterocycles. The zero-order valence-corrected chi connectivity index (χ0v) is 14.6. The smallest absolute Gasteiger partial charge is 0.269 e. The highest BCUT2D eigenvalue weighted by Crippen LogP contribution is 2.37. The van der Waals surface area contributed by atoms with Gasteiger partial charge in [0, 0.05) is 23.9 Å². The van der Waals surface area contributed by atoms with Crippen LogP contribution in [-0.2, 0) is 9.84 Å². The molecule has 0 bridgehead atoms. The lowest BCUT2D eigenvalue weighted by Gasteiger charge is -2.14. The van der Waals surface area contributed by atoms with Crippen molar-refractivity contribution in [2.75, 3.05) is 5.73 Å². The maximum Gasteiger partial charge on any atom is 0.269 e. The van der Waals surface area contributed by atoms with E-state index in [0.29, 0.717) is 5.56 Å². The summed E-state index contributed by atoms with van der Waals surface area (Å²) in [5.41, 5.74) is 6.07. The van der Waals surface area contributed by atoms with Crippen molar-refractivity contribution in [3.05, 3.63) is 76.5 Å². The predicted octanol–water partition coefficient (Wildman–Crippen LogP) is 2.94. The van der Waals surface area contributed by atoms with Gasteiger partial charge in [-0.05, 0) is 29.8 Å². The Balaban J connectivity index is 2.33. The van der Waals surface area contributed by atoms with Crippen molar-refractivity contribution in [1.29, 1.82) is 5.26 Å². The van der Waals surface area contributed by atoms with Gasteiger partial charge in [-0.2, -0.15) is 5.26 Å². The standard InChI is InChI=1S/C18H12N4O4S/c19-10-13-11-21-18(20)17(27(25,26)15-4-2-1-3-5-15)16(13)12-6-8-14(9-7-12)22(23)24/h1-9,11H,(H2,20,21). The minimum atomic E-state index is -4.08. The number of sulfone groups is 1. The number of hydrogen-bond donors (Lipinski definition) is 1. The first kappa shape index (κ1) is 18.0. The van der Waals surface area contributed by atoms with Gasteiger partial charge in [-0.15, -0.1) is 0 Å². The van der Waals surface area contributed by atoms with Crippen LogP contribution in [0.1, 0.15) is 5.56 Å². The summed E-state index contributed by atoms with van der Waals surface area (Å²) in [6.45, 7) is 0. The zero-order chi connectivity index (χ0) is 19.6. The van der Waals surface area contributed by atoms with Gasteiger partial charge in [0.15, 0.2) is 0 Å². The number of nitriles is 1. The third-order valence-corrected chi connectivity index (χ3v) is 5.71. The van der Waals surface area contributed by atoms with Gasteiger partial charge in [0.25, 0.3) is 5.69 Å². The molecule has 134 valence electrons. The fourth-order valence-electron chi connectivity index (χ4n) is 2.62. The van der Waals surface area contributed by atoms with Crippen LogP contribution in [0.5, 0.6) is 0 Å². The van der Waals surface area contributed by atoms with Crippen molar-refractivity contribution in [2.24, 2.45) is 0 Å². The summed E-state index contributed by atoms with van der Waals surface area (Å²) >= 11 is 0. The van der Waals surface area contributed by atoms with Crippen molar-refractivity contribution < 1.29 is 13.3 Å². The summed E-state index contributed by atoms with van der Waals surface area (Å²) in [5, 5.41) is 20.3. The molecule has 0 atom stereocenters. The number of nitro benzene ring substituents is 1. The van der Waals surface area contributed by atoms with Gasteiger partial charge in [-0.3, -0.25) is 10.1 Å². The van der Waals surface area contributed by atoms with E-state index in [1.807, 2.05) is 6.07 Å². The van der Waals surface area contributed by atoms with Gasteiger partial charge in [0.05, 0.1) is 15.4 Å². The van der Waals surface area contributed by atoms with E-state index in [9.17, 15) is 23.8 Å². The molecular formula is C18H12N4O4S. The number of nitrogen functional groups attached to an aromatic ring is 1. The molecule has 0 unspecified atom stereocenters. The highest BCUT2D eigenvalue weighted by Gasteiger charge is 2.28. The molecule has 0 aliphatic heterocycles. The molecule has 9 heteroatoms. The molecule has 0 aliphatic carbocycles. The van der Waals surface area contributed by atoms with Crippen LogP contribution in [0.15, 0.2) is 70.6 Å². The number of hydrogen-bond acceptors (Lipinski definition) is 7. The average molecular weight is 380 g/mol. The van der Waals surface area contributed by atoms with Gasteiger partial charge in [0.1, 0.15) is 16.8 Å². The molecule has 27 heavy (non-hydrogen) atoms. The molecule has 0 spiro atoms. The van der Waals surface area contributed by atoms with Crippen LogP contribution in [-0.4, -0.2) is 18.3 Å². The number of rotatable bonds is 4. The molecule has 8 nitrogen and oxygen atoms in total. The molecular weight excluding hydrogens is 368 g/mol. The first-order valence-corrected chi connectivity index (χ1v) is 9.08. The fraction of sp³-hybridized carbons (Fsp3) is 0. The number of pyridine rings is 1. The molecule has 0 aliphatic rings. The second-order valence-electron chi connectivity index (χ2n) is 5.49. The summed E-state index contributed by atoms with van der Waals surface area (Å²) in [6.07, 6.45) is 1.18. The molecule has 3 rings (SSSR count). The molecule has 0 amide bonds. The van der Waals surface area contributed by atoms with E-state index in [1.54, 1.807) is 18.2 Å². The maximum absolute atomic E-state index is 13.2. The lowest BCUT2D eigenvalue weighted by atomic mass is 10.0. The van der Waals surface area contributed by atoms with Crippen molar-refractivity contribution in [1.82, 2.24) is 4.98 Å². The second kappa shape index (κ2) is 6.86. The van der Waals surface area contributed by atoms with Gasteiger partial charge in [-0.1, -0.05) is 18.2 Å². The van der Waals surface area contributed by atoms with Crippen molar-refractivity contribution in [2.45, 2.75) is 9.79 Å². The number of benzene rings is 2. The molecule has 2 N–H and O–H groups in total. The van der Waals surface area contributed by atoms with Gasteiger partial charge >= 0.3 is 0 Å². The normalized spacial score (nSPS) is 10.9. The van der Waals surface area contributed by atoms with Crippen molar-refractivity contribution >= 4 is 21.3 Å². The lowest BCUT2D eigenvalue weighted by Crippen LogP contribution is -2.10. The predicted molar refractivity (Wildman–Crippen MR) is 97.3 cm³/mol. The summed E-state index contributed by atoms with van der Waals surface area (Å²) in [4.78, 5) is 13.8. The SMILES string of the molecule is N#Cc1cnc(N)c(S(=O)(=O)c2ccccc2)c1-c1ccc([N+](=O)[O-])cc1. The van der Waals surface area contributed by atoms with E-state index < -0.39 is 14.8 Å². The largest absolute Gasteiger partial charge is 0.383 e. The van der Waals surface area contributed by atoms with Crippen LogP contribution >= 0.6 is 0 Å². The Bertz CT molecular complexity index is 1170. The number of nitrogens with zero attached hydrogens (tertiary/aromatic N) is 3. The Morgan fingerprint density at radius 1 is 1.07 bits per heavy atom. The quantitative estimate of drug-likeness (QED) is 0.542. The van der Waals surface area contributed by atoms with Crippen molar-refractivity contribution in [3.8, 4) is 17.2 Å². The highest BCUT2D eigenvalue weighted by atomic mass is 32.2. The Morgan fingerprint density at radius 3 is 2.26 bits per heavy atom. The minimum absolute atomic E-state index is 0.00301. The third kappa shape index (κ3) is 3.21. The molecule has 0 radical (unpaired) electrons. The van der Waals surface area contributed by atoms with Crippen LogP contribution < -0.4 is 5.73 Å². The van der Waals surface area contributed by atoms with Gasteiger partial charge in [0.2, 0.25) is 9.84 Å². The van der Waals surface area contributed by atoms with E-state index in [1.165, 1.54) is 42.6 Å². The maximum atomic E-state index is 13.2. The van der Waals surface area contributed by atoms with E-state index in [-0.39, 0.29) is 32.4 Å².